The molecule has 0 atom stereocenters. The first-order valence-corrected chi connectivity index (χ1v) is 9.17. The Kier molecular flexibility index (Phi) is 6.05. The van der Waals surface area contributed by atoms with Crippen molar-refractivity contribution in [1.82, 2.24) is 20.0 Å². The Morgan fingerprint density at radius 2 is 1.80 bits per heavy atom. The number of hydrogen-bond acceptors (Lipinski definition) is 6. The smallest absolute Gasteiger partial charge is 0.251 e. The first-order chi connectivity index (χ1) is 11.8. The number of rotatable bonds is 7. The molecule has 0 aliphatic carbocycles. The van der Waals surface area contributed by atoms with E-state index in [1.54, 1.807) is 38.4 Å². The first kappa shape index (κ1) is 18.8. The minimum atomic E-state index is -3.63. The predicted octanol–water partition coefficient (Wildman–Crippen LogP) is 0.843. The van der Waals surface area contributed by atoms with Gasteiger partial charge in [0.2, 0.25) is 16.0 Å². The summed E-state index contributed by atoms with van der Waals surface area (Å²) in [6.07, 6.45) is 3.24. The Bertz CT molecular complexity index is 854. The van der Waals surface area contributed by atoms with Crippen LogP contribution in [0.5, 0.6) is 0 Å². The summed E-state index contributed by atoms with van der Waals surface area (Å²) < 4.78 is 26.5. The number of aromatic nitrogens is 2. The molecule has 0 bridgehead atoms. The van der Waals surface area contributed by atoms with E-state index >= 15 is 0 Å². The monoisotopic (exact) mass is 363 g/mol. The third-order valence-electron chi connectivity index (χ3n) is 3.70. The minimum Gasteiger partial charge on any atom is -0.352 e. The Labute approximate surface area is 147 Å². The fourth-order valence-electron chi connectivity index (χ4n) is 2.19. The van der Waals surface area contributed by atoms with Crippen molar-refractivity contribution < 1.29 is 13.2 Å². The van der Waals surface area contributed by atoms with E-state index in [1.165, 1.54) is 13.1 Å². The molecule has 0 aliphatic rings. The summed E-state index contributed by atoms with van der Waals surface area (Å²) in [5.41, 5.74) is 1.65. The van der Waals surface area contributed by atoms with Crippen LogP contribution in [0.4, 0.5) is 5.95 Å². The largest absolute Gasteiger partial charge is 0.352 e. The fourth-order valence-corrected chi connectivity index (χ4v) is 3.26. The van der Waals surface area contributed by atoms with Crippen molar-refractivity contribution in [2.75, 3.05) is 25.5 Å². The van der Waals surface area contributed by atoms with Gasteiger partial charge in [-0.15, -0.1) is 0 Å². The van der Waals surface area contributed by atoms with Gasteiger partial charge in [-0.1, -0.05) is 0 Å². The van der Waals surface area contributed by atoms with Gasteiger partial charge in [0.05, 0.1) is 4.90 Å². The van der Waals surface area contributed by atoms with E-state index in [0.29, 0.717) is 30.2 Å². The quantitative estimate of drug-likeness (QED) is 0.629. The summed E-state index contributed by atoms with van der Waals surface area (Å²) in [5.74, 6) is 0.136. The summed E-state index contributed by atoms with van der Waals surface area (Å²) >= 11 is 0. The number of carbonyl (C=O) groups excluding carboxylic acids is 1. The van der Waals surface area contributed by atoms with Gasteiger partial charge in [-0.3, -0.25) is 4.79 Å². The molecule has 1 amide bonds. The summed E-state index contributed by atoms with van der Waals surface area (Å²) in [7, 11) is -2.29. The highest BCUT2D eigenvalue weighted by atomic mass is 32.2. The van der Waals surface area contributed by atoms with E-state index < -0.39 is 10.0 Å². The molecular formula is C16H21N5O3S. The summed E-state index contributed by atoms with van der Waals surface area (Å²) in [5, 5.41) is 5.71. The summed E-state index contributed by atoms with van der Waals surface area (Å²) in [6, 6.07) is 4.77. The molecule has 1 aromatic carbocycles. The highest BCUT2D eigenvalue weighted by Gasteiger charge is 2.19. The van der Waals surface area contributed by atoms with Gasteiger partial charge in [0.1, 0.15) is 0 Å². The van der Waals surface area contributed by atoms with E-state index in [9.17, 15) is 13.2 Å². The van der Waals surface area contributed by atoms with Gasteiger partial charge in [0.25, 0.3) is 5.91 Å². The third kappa shape index (κ3) is 4.74. The molecule has 0 saturated carbocycles. The maximum Gasteiger partial charge on any atom is 0.251 e. The number of aryl methyl sites for hydroxylation is 1. The zero-order valence-electron chi connectivity index (χ0n) is 14.3. The molecule has 134 valence electrons. The fraction of sp³-hybridized carbons (Fsp3) is 0.312. The Morgan fingerprint density at radius 1 is 1.12 bits per heavy atom. The summed E-state index contributed by atoms with van der Waals surface area (Å²) in [6.45, 7) is 4.28. The van der Waals surface area contributed by atoms with Crippen LogP contribution < -0.4 is 15.4 Å². The van der Waals surface area contributed by atoms with E-state index in [0.717, 1.165) is 5.56 Å². The van der Waals surface area contributed by atoms with Gasteiger partial charge in [0, 0.05) is 31.0 Å². The molecule has 0 aliphatic heterocycles. The first-order valence-electron chi connectivity index (χ1n) is 7.69. The average Bonchev–Trinajstić information content (AvgIpc) is 2.61. The molecule has 25 heavy (non-hydrogen) atoms. The molecule has 0 saturated heterocycles. The SMILES string of the molecule is CNS(=O)(=O)c1cc(C(=O)NCCNc2ncccn2)cc(C)c1C. The molecule has 0 spiro atoms. The second-order valence-electron chi connectivity index (χ2n) is 5.38. The normalized spacial score (nSPS) is 11.2. The van der Waals surface area contributed by atoms with Crippen LogP contribution in [0.15, 0.2) is 35.5 Å². The molecule has 0 unspecified atom stereocenters. The number of nitrogens with zero attached hydrogens (tertiary/aromatic N) is 2. The second kappa shape index (κ2) is 8.04. The van der Waals surface area contributed by atoms with Crippen molar-refractivity contribution in [3.05, 3.63) is 47.3 Å². The Hall–Kier alpha value is -2.52. The molecule has 0 fully saturated rings. The third-order valence-corrected chi connectivity index (χ3v) is 5.24. The highest BCUT2D eigenvalue weighted by Crippen LogP contribution is 2.20. The Morgan fingerprint density at radius 3 is 2.44 bits per heavy atom. The molecule has 3 N–H and O–H groups in total. The van der Waals surface area contributed by atoms with Crippen molar-refractivity contribution in [2.24, 2.45) is 0 Å². The van der Waals surface area contributed by atoms with Gasteiger partial charge in [-0.05, 0) is 50.2 Å². The molecular weight excluding hydrogens is 342 g/mol. The zero-order chi connectivity index (χ0) is 18.4. The molecule has 9 heteroatoms. The van der Waals surface area contributed by atoms with Crippen LogP contribution in [0.2, 0.25) is 0 Å². The highest BCUT2D eigenvalue weighted by molar-refractivity contribution is 7.89. The van der Waals surface area contributed by atoms with Gasteiger partial charge in [0.15, 0.2) is 0 Å². The number of amides is 1. The van der Waals surface area contributed by atoms with Crippen molar-refractivity contribution >= 4 is 21.9 Å². The van der Waals surface area contributed by atoms with Crippen LogP contribution in [0, 0.1) is 13.8 Å². The van der Waals surface area contributed by atoms with Crippen LogP contribution in [0.1, 0.15) is 21.5 Å². The second-order valence-corrected chi connectivity index (χ2v) is 7.23. The standard InChI is InChI=1S/C16H21N5O3S/c1-11-9-13(10-14(12(11)2)25(23,24)17-3)15(22)18-7-8-21-16-19-5-4-6-20-16/h4-6,9-10,17H,7-8H2,1-3H3,(H,18,22)(H,19,20,21). The number of nitrogens with one attached hydrogen (secondary N) is 3. The number of anilines is 1. The maximum atomic E-state index is 12.3. The number of sulfonamides is 1. The number of hydrogen-bond donors (Lipinski definition) is 3. The molecule has 2 rings (SSSR count). The lowest BCUT2D eigenvalue weighted by atomic mass is 10.1. The van der Waals surface area contributed by atoms with Crippen molar-refractivity contribution in [1.29, 1.82) is 0 Å². The lowest BCUT2D eigenvalue weighted by Crippen LogP contribution is -2.29. The van der Waals surface area contributed by atoms with Crippen LogP contribution in [0.3, 0.4) is 0 Å². The number of carbonyl (C=O) groups is 1. The molecule has 2 aromatic rings. The van der Waals surface area contributed by atoms with E-state index in [-0.39, 0.29) is 10.8 Å². The van der Waals surface area contributed by atoms with Crippen LogP contribution in [-0.4, -0.2) is 44.4 Å². The van der Waals surface area contributed by atoms with Gasteiger partial charge >= 0.3 is 0 Å². The van der Waals surface area contributed by atoms with Crippen molar-refractivity contribution in [2.45, 2.75) is 18.7 Å². The maximum absolute atomic E-state index is 12.3. The van der Waals surface area contributed by atoms with Crippen LogP contribution >= 0.6 is 0 Å². The molecule has 1 heterocycles. The van der Waals surface area contributed by atoms with E-state index in [2.05, 4.69) is 25.3 Å². The zero-order valence-corrected chi connectivity index (χ0v) is 15.1. The molecule has 0 radical (unpaired) electrons. The van der Waals surface area contributed by atoms with E-state index in [4.69, 9.17) is 0 Å². The van der Waals surface area contributed by atoms with Crippen LogP contribution in [-0.2, 0) is 10.0 Å². The Balaban J connectivity index is 2.04. The van der Waals surface area contributed by atoms with E-state index in [1.807, 2.05) is 0 Å². The number of benzene rings is 1. The predicted molar refractivity (Wildman–Crippen MR) is 95.0 cm³/mol. The van der Waals surface area contributed by atoms with Gasteiger partial charge in [-0.2, -0.15) is 0 Å². The van der Waals surface area contributed by atoms with Gasteiger partial charge < -0.3 is 10.6 Å². The minimum absolute atomic E-state index is 0.107. The lowest BCUT2D eigenvalue weighted by molar-refractivity contribution is 0.0955. The lowest BCUT2D eigenvalue weighted by Gasteiger charge is -2.12. The topological polar surface area (TPSA) is 113 Å². The van der Waals surface area contributed by atoms with Crippen molar-refractivity contribution in [3.8, 4) is 0 Å². The molecule has 1 aromatic heterocycles. The van der Waals surface area contributed by atoms with Crippen LogP contribution in [0.25, 0.3) is 0 Å². The van der Waals surface area contributed by atoms with Crippen molar-refractivity contribution in [3.63, 3.8) is 0 Å². The molecule has 8 nitrogen and oxygen atoms in total. The summed E-state index contributed by atoms with van der Waals surface area (Å²) in [4.78, 5) is 20.4. The average molecular weight is 363 g/mol. The van der Waals surface area contributed by atoms with Gasteiger partial charge in [-0.25, -0.2) is 23.1 Å².